The molecule has 0 atom stereocenters. The van der Waals surface area contributed by atoms with Gasteiger partial charge in [0.1, 0.15) is 23.0 Å². The number of anilines is 3. The standard InChI is InChI=1S/C28H27NO4/c1-17-13-26(32)20(4)28(14-17)33-27-8-6-5-7-25(27)29(23-11-9-21(30)15-18(23)2)24-12-10-22(31)16-19(24)3/h5-16,30-32H,1-4H3. The minimum atomic E-state index is 0.183. The molecule has 0 aliphatic rings. The zero-order chi connectivity index (χ0) is 23.7. The van der Waals surface area contributed by atoms with Gasteiger partial charge in [0, 0.05) is 16.9 Å². The number of nitrogens with zero attached hydrogens (tertiary/aromatic N) is 1. The summed E-state index contributed by atoms with van der Waals surface area (Å²) in [6.07, 6.45) is 0. The van der Waals surface area contributed by atoms with E-state index >= 15 is 0 Å². The van der Waals surface area contributed by atoms with E-state index in [0.29, 0.717) is 17.1 Å². The Bertz CT molecular complexity index is 1280. The lowest BCUT2D eigenvalue weighted by Gasteiger charge is -2.30. The third kappa shape index (κ3) is 4.44. The van der Waals surface area contributed by atoms with E-state index in [9.17, 15) is 15.3 Å². The lowest BCUT2D eigenvalue weighted by atomic mass is 10.1. The zero-order valence-corrected chi connectivity index (χ0v) is 19.1. The second kappa shape index (κ2) is 8.79. The maximum absolute atomic E-state index is 10.3. The fourth-order valence-corrected chi connectivity index (χ4v) is 3.93. The Hall–Kier alpha value is -4.12. The van der Waals surface area contributed by atoms with Gasteiger partial charge in [0.2, 0.25) is 0 Å². The van der Waals surface area contributed by atoms with Gasteiger partial charge in [-0.1, -0.05) is 12.1 Å². The van der Waals surface area contributed by atoms with E-state index in [0.717, 1.165) is 33.8 Å². The number of rotatable bonds is 5. The number of aromatic hydroxyl groups is 3. The maximum atomic E-state index is 10.3. The molecule has 4 aromatic carbocycles. The van der Waals surface area contributed by atoms with Gasteiger partial charge in [0.25, 0.3) is 0 Å². The van der Waals surface area contributed by atoms with Crippen LogP contribution in [0.3, 0.4) is 0 Å². The first-order valence-corrected chi connectivity index (χ1v) is 10.7. The van der Waals surface area contributed by atoms with Gasteiger partial charge < -0.3 is 25.0 Å². The van der Waals surface area contributed by atoms with Crippen LogP contribution in [0.4, 0.5) is 17.1 Å². The highest BCUT2D eigenvalue weighted by Gasteiger charge is 2.21. The molecule has 4 aromatic rings. The van der Waals surface area contributed by atoms with Crippen LogP contribution in [0.2, 0.25) is 0 Å². The van der Waals surface area contributed by atoms with Crippen LogP contribution in [0, 0.1) is 27.7 Å². The van der Waals surface area contributed by atoms with Crippen LogP contribution in [0.15, 0.2) is 72.8 Å². The molecule has 0 unspecified atom stereocenters. The minimum absolute atomic E-state index is 0.183. The first kappa shape index (κ1) is 22.1. The molecule has 0 aliphatic heterocycles. The zero-order valence-electron chi connectivity index (χ0n) is 19.1. The Morgan fingerprint density at radius 2 is 1.18 bits per heavy atom. The first-order chi connectivity index (χ1) is 15.7. The second-order valence-corrected chi connectivity index (χ2v) is 8.25. The lowest BCUT2D eigenvalue weighted by molar-refractivity contribution is 0.448. The summed E-state index contributed by atoms with van der Waals surface area (Å²) in [6, 6.07) is 21.7. The molecule has 0 amide bonds. The highest BCUT2D eigenvalue weighted by atomic mass is 16.5. The van der Waals surface area contributed by atoms with Crippen molar-refractivity contribution in [3.63, 3.8) is 0 Å². The molecule has 0 spiro atoms. The number of hydrogen-bond donors (Lipinski definition) is 3. The van der Waals surface area contributed by atoms with Crippen molar-refractivity contribution in [3.8, 4) is 28.7 Å². The Kier molecular flexibility index (Phi) is 5.88. The molecule has 33 heavy (non-hydrogen) atoms. The molecule has 0 saturated carbocycles. The van der Waals surface area contributed by atoms with E-state index in [1.807, 2.05) is 75.1 Å². The Morgan fingerprint density at radius 1 is 0.606 bits per heavy atom. The summed E-state index contributed by atoms with van der Waals surface area (Å²) in [6.45, 7) is 7.59. The molecule has 4 rings (SSSR count). The molecule has 0 saturated heterocycles. The summed E-state index contributed by atoms with van der Waals surface area (Å²) >= 11 is 0. The van der Waals surface area contributed by atoms with E-state index in [4.69, 9.17) is 4.74 Å². The van der Waals surface area contributed by atoms with Gasteiger partial charge in [-0.3, -0.25) is 0 Å². The van der Waals surface area contributed by atoms with Gasteiger partial charge in [-0.05, 0) is 105 Å². The van der Waals surface area contributed by atoms with Crippen LogP contribution in [0.5, 0.6) is 28.7 Å². The molecular formula is C28H27NO4. The Balaban J connectivity index is 1.92. The number of ether oxygens (including phenoxy) is 1. The molecular weight excluding hydrogens is 414 g/mol. The third-order valence-corrected chi connectivity index (χ3v) is 5.65. The predicted molar refractivity (Wildman–Crippen MR) is 132 cm³/mol. The van der Waals surface area contributed by atoms with Crippen LogP contribution in [-0.2, 0) is 0 Å². The topological polar surface area (TPSA) is 73.2 Å². The van der Waals surface area contributed by atoms with Crippen molar-refractivity contribution in [2.24, 2.45) is 0 Å². The summed E-state index contributed by atoms with van der Waals surface area (Å²) in [7, 11) is 0. The van der Waals surface area contributed by atoms with Crippen molar-refractivity contribution >= 4 is 17.1 Å². The maximum Gasteiger partial charge on any atom is 0.151 e. The van der Waals surface area contributed by atoms with Crippen molar-refractivity contribution in [2.45, 2.75) is 27.7 Å². The van der Waals surface area contributed by atoms with E-state index < -0.39 is 0 Å². The van der Waals surface area contributed by atoms with Gasteiger partial charge in [0.15, 0.2) is 5.75 Å². The average molecular weight is 442 g/mol. The Morgan fingerprint density at radius 3 is 1.76 bits per heavy atom. The number of phenolic OH excluding ortho intramolecular Hbond substituents is 3. The largest absolute Gasteiger partial charge is 0.508 e. The SMILES string of the molecule is Cc1cc(O)c(C)c(Oc2ccccc2N(c2ccc(O)cc2C)c2ccc(O)cc2C)c1. The number of benzene rings is 4. The minimum Gasteiger partial charge on any atom is -0.508 e. The Labute approximate surface area is 193 Å². The average Bonchev–Trinajstić information content (AvgIpc) is 2.75. The highest BCUT2D eigenvalue weighted by molar-refractivity contribution is 5.83. The molecule has 0 aromatic heterocycles. The van der Waals surface area contributed by atoms with Gasteiger partial charge in [-0.25, -0.2) is 0 Å². The molecule has 0 radical (unpaired) electrons. The van der Waals surface area contributed by atoms with Crippen LogP contribution in [0.1, 0.15) is 22.3 Å². The predicted octanol–water partition coefficient (Wildman–Crippen LogP) is 7.30. The third-order valence-electron chi connectivity index (χ3n) is 5.65. The number of para-hydroxylation sites is 2. The molecule has 0 bridgehead atoms. The van der Waals surface area contributed by atoms with Crippen LogP contribution >= 0.6 is 0 Å². The van der Waals surface area contributed by atoms with Gasteiger partial charge >= 0.3 is 0 Å². The number of aryl methyl sites for hydroxylation is 3. The molecule has 3 N–H and O–H groups in total. The van der Waals surface area contributed by atoms with Crippen molar-refractivity contribution in [1.82, 2.24) is 0 Å². The molecule has 0 fully saturated rings. The summed E-state index contributed by atoms with van der Waals surface area (Å²) in [5, 5.41) is 30.2. The van der Waals surface area contributed by atoms with Crippen LogP contribution in [-0.4, -0.2) is 15.3 Å². The fraction of sp³-hybridized carbons (Fsp3) is 0.143. The van der Waals surface area contributed by atoms with Crippen molar-refractivity contribution < 1.29 is 20.1 Å². The van der Waals surface area contributed by atoms with E-state index in [2.05, 4.69) is 0 Å². The van der Waals surface area contributed by atoms with E-state index in [-0.39, 0.29) is 17.2 Å². The smallest absolute Gasteiger partial charge is 0.151 e. The molecule has 0 aliphatic carbocycles. The van der Waals surface area contributed by atoms with E-state index in [1.165, 1.54) is 0 Å². The normalized spacial score (nSPS) is 10.8. The fourth-order valence-electron chi connectivity index (χ4n) is 3.93. The summed E-state index contributed by atoms with van der Waals surface area (Å²) in [5.74, 6) is 1.74. The number of hydrogen-bond acceptors (Lipinski definition) is 5. The first-order valence-electron chi connectivity index (χ1n) is 10.7. The van der Waals surface area contributed by atoms with Gasteiger partial charge in [-0.15, -0.1) is 0 Å². The van der Waals surface area contributed by atoms with Crippen molar-refractivity contribution in [2.75, 3.05) is 4.90 Å². The molecule has 168 valence electrons. The molecule has 5 nitrogen and oxygen atoms in total. The quantitative estimate of drug-likeness (QED) is 0.303. The molecule has 0 heterocycles. The van der Waals surface area contributed by atoms with Crippen molar-refractivity contribution in [1.29, 1.82) is 0 Å². The highest BCUT2D eigenvalue weighted by Crippen LogP contribution is 2.45. The second-order valence-electron chi connectivity index (χ2n) is 8.25. The van der Waals surface area contributed by atoms with Crippen LogP contribution in [0.25, 0.3) is 0 Å². The van der Waals surface area contributed by atoms with Gasteiger partial charge in [0.05, 0.1) is 5.69 Å². The van der Waals surface area contributed by atoms with Gasteiger partial charge in [-0.2, -0.15) is 0 Å². The monoisotopic (exact) mass is 441 g/mol. The number of phenols is 3. The molecule has 5 heteroatoms. The summed E-state index contributed by atoms with van der Waals surface area (Å²) < 4.78 is 6.35. The van der Waals surface area contributed by atoms with Crippen molar-refractivity contribution in [3.05, 3.63) is 95.1 Å². The van der Waals surface area contributed by atoms with Crippen LogP contribution < -0.4 is 9.64 Å². The van der Waals surface area contributed by atoms with E-state index in [1.54, 1.807) is 30.3 Å². The lowest BCUT2D eigenvalue weighted by Crippen LogP contribution is -2.13. The summed E-state index contributed by atoms with van der Waals surface area (Å²) in [4.78, 5) is 2.05. The summed E-state index contributed by atoms with van der Waals surface area (Å²) in [5.41, 5.74) is 5.81.